The van der Waals surface area contributed by atoms with E-state index in [0.29, 0.717) is 36.1 Å². The first-order valence-corrected chi connectivity index (χ1v) is 7.17. The molecule has 0 aliphatic carbocycles. The van der Waals surface area contributed by atoms with Crippen molar-refractivity contribution in [2.75, 3.05) is 6.54 Å². The number of nitrogens with one attached hydrogen (secondary N) is 1. The van der Waals surface area contributed by atoms with Crippen LogP contribution in [-0.4, -0.2) is 23.5 Å². The number of rotatable bonds is 6. The van der Waals surface area contributed by atoms with Gasteiger partial charge < -0.3 is 15.5 Å². The first-order chi connectivity index (χ1) is 10.1. The predicted octanol–water partition coefficient (Wildman–Crippen LogP) is 3.23. The highest BCUT2D eigenvalue weighted by atomic mass is 35.5. The first kappa shape index (κ1) is 21.7. The van der Waals surface area contributed by atoms with Crippen LogP contribution in [0.15, 0.2) is 34.9 Å². The molecule has 0 unspecified atom stereocenters. The lowest BCUT2D eigenvalue weighted by atomic mass is 10.2. The second kappa shape index (κ2) is 10.5. The van der Waals surface area contributed by atoms with Crippen LogP contribution in [0.2, 0.25) is 5.02 Å². The number of carbonyl (C=O) groups excluding carboxylic acids is 1. The summed E-state index contributed by atoms with van der Waals surface area (Å²) in [5, 5.41) is 3.40. The number of hydrogen-bond acceptors (Lipinski definition) is 4. The molecular formula is C15H20Cl3N3O2. The van der Waals surface area contributed by atoms with E-state index in [-0.39, 0.29) is 36.8 Å². The highest BCUT2D eigenvalue weighted by Crippen LogP contribution is 2.28. The number of amides is 1. The van der Waals surface area contributed by atoms with Gasteiger partial charge in [0.2, 0.25) is 5.91 Å². The Morgan fingerprint density at radius 3 is 2.74 bits per heavy atom. The van der Waals surface area contributed by atoms with E-state index in [2.05, 4.69) is 10.3 Å². The van der Waals surface area contributed by atoms with Crippen LogP contribution in [0.4, 0.5) is 0 Å². The van der Waals surface area contributed by atoms with Gasteiger partial charge in [0, 0.05) is 31.0 Å². The molecule has 0 fully saturated rings. The minimum absolute atomic E-state index is 0. The third kappa shape index (κ3) is 6.39. The minimum atomic E-state index is -0.0644. The zero-order chi connectivity index (χ0) is 15.2. The van der Waals surface area contributed by atoms with Crippen LogP contribution < -0.4 is 11.1 Å². The van der Waals surface area contributed by atoms with Crippen LogP contribution in [0.5, 0.6) is 0 Å². The Bertz CT molecular complexity index is 620. The maximum absolute atomic E-state index is 11.7. The van der Waals surface area contributed by atoms with Gasteiger partial charge in [-0.15, -0.1) is 24.8 Å². The fourth-order valence-corrected chi connectivity index (χ4v) is 2.07. The topological polar surface area (TPSA) is 81.1 Å². The van der Waals surface area contributed by atoms with Gasteiger partial charge in [0.25, 0.3) is 0 Å². The van der Waals surface area contributed by atoms with Crippen molar-refractivity contribution in [3.05, 3.63) is 41.4 Å². The average molecular weight is 381 g/mol. The van der Waals surface area contributed by atoms with Gasteiger partial charge in [-0.05, 0) is 19.1 Å². The molecule has 1 heterocycles. The molecule has 8 heteroatoms. The average Bonchev–Trinajstić information content (AvgIpc) is 2.94. The Morgan fingerprint density at radius 2 is 2.09 bits per heavy atom. The number of nitrogens with two attached hydrogens (primary N) is 1. The van der Waals surface area contributed by atoms with Crippen molar-refractivity contribution in [3.8, 4) is 11.3 Å². The Morgan fingerprint density at radius 1 is 1.39 bits per heavy atom. The minimum Gasteiger partial charge on any atom is -0.441 e. The highest BCUT2D eigenvalue weighted by Gasteiger charge is 2.11. The maximum Gasteiger partial charge on any atom is 0.220 e. The Kier molecular flexibility index (Phi) is 9.91. The van der Waals surface area contributed by atoms with Crippen LogP contribution in [0.1, 0.15) is 19.2 Å². The molecule has 0 radical (unpaired) electrons. The Balaban J connectivity index is 0.00000242. The number of aryl methyl sites for hydroxylation is 1. The quantitative estimate of drug-likeness (QED) is 0.806. The molecule has 2 rings (SSSR count). The van der Waals surface area contributed by atoms with Gasteiger partial charge >= 0.3 is 0 Å². The molecule has 0 saturated carbocycles. The van der Waals surface area contributed by atoms with E-state index in [9.17, 15) is 4.79 Å². The van der Waals surface area contributed by atoms with Crippen molar-refractivity contribution in [1.82, 2.24) is 10.3 Å². The SMILES string of the molecule is C[C@@H](CN)NC(=O)CCc1ncc(-c2ccccc2Cl)o1.Cl.Cl. The van der Waals surface area contributed by atoms with Gasteiger partial charge in [0.15, 0.2) is 11.7 Å². The summed E-state index contributed by atoms with van der Waals surface area (Å²) in [6.07, 6.45) is 2.37. The summed E-state index contributed by atoms with van der Waals surface area (Å²) in [5.41, 5.74) is 6.24. The number of nitrogens with zero attached hydrogens (tertiary/aromatic N) is 1. The lowest BCUT2D eigenvalue weighted by Crippen LogP contribution is -2.37. The zero-order valence-electron chi connectivity index (χ0n) is 12.6. The molecule has 128 valence electrons. The second-order valence-electron chi connectivity index (χ2n) is 4.80. The van der Waals surface area contributed by atoms with Crippen molar-refractivity contribution in [2.24, 2.45) is 5.73 Å². The predicted molar refractivity (Wildman–Crippen MR) is 96.4 cm³/mol. The molecule has 0 aliphatic heterocycles. The van der Waals surface area contributed by atoms with E-state index in [1.807, 2.05) is 25.1 Å². The molecule has 3 N–H and O–H groups in total. The number of benzene rings is 1. The van der Waals surface area contributed by atoms with Gasteiger partial charge in [-0.3, -0.25) is 4.79 Å². The standard InChI is InChI=1S/C15H18ClN3O2.2ClH/c1-10(8-17)19-14(20)6-7-15-18-9-13(21-15)11-4-2-3-5-12(11)16;;/h2-5,9-10H,6-8,17H2,1H3,(H,19,20);2*1H/t10-;;/m0../s1. The molecule has 23 heavy (non-hydrogen) atoms. The third-order valence-corrected chi connectivity index (χ3v) is 3.35. The summed E-state index contributed by atoms with van der Waals surface area (Å²) in [6.45, 7) is 2.28. The molecule has 1 aromatic carbocycles. The summed E-state index contributed by atoms with van der Waals surface area (Å²) < 4.78 is 5.63. The van der Waals surface area contributed by atoms with Crippen LogP contribution in [-0.2, 0) is 11.2 Å². The fourth-order valence-electron chi connectivity index (χ4n) is 1.84. The first-order valence-electron chi connectivity index (χ1n) is 6.79. The van der Waals surface area contributed by atoms with E-state index in [4.69, 9.17) is 21.8 Å². The fraction of sp³-hybridized carbons (Fsp3) is 0.333. The molecule has 2 aromatic rings. The van der Waals surface area contributed by atoms with Crippen molar-refractivity contribution >= 4 is 42.3 Å². The summed E-state index contributed by atoms with van der Waals surface area (Å²) in [6, 6.07) is 7.36. The number of halogens is 3. The molecule has 1 aromatic heterocycles. The van der Waals surface area contributed by atoms with Crippen LogP contribution in [0.25, 0.3) is 11.3 Å². The van der Waals surface area contributed by atoms with E-state index in [1.165, 1.54) is 0 Å². The van der Waals surface area contributed by atoms with Crippen LogP contribution >= 0.6 is 36.4 Å². The van der Waals surface area contributed by atoms with E-state index in [0.717, 1.165) is 5.56 Å². The van der Waals surface area contributed by atoms with E-state index >= 15 is 0 Å². The van der Waals surface area contributed by atoms with Crippen molar-refractivity contribution < 1.29 is 9.21 Å². The number of carbonyl (C=O) groups is 1. The molecule has 0 bridgehead atoms. The molecule has 0 saturated heterocycles. The van der Waals surface area contributed by atoms with Gasteiger partial charge in [-0.2, -0.15) is 0 Å². The van der Waals surface area contributed by atoms with Gasteiger partial charge in [-0.1, -0.05) is 23.7 Å². The summed E-state index contributed by atoms with van der Waals surface area (Å²) in [5.74, 6) is 1.05. The normalized spacial score (nSPS) is 11.1. The smallest absolute Gasteiger partial charge is 0.220 e. The van der Waals surface area contributed by atoms with Crippen molar-refractivity contribution in [2.45, 2.75) is 25.8 Å². The van der Waals surface area contributed by atoms with Crippen molar-refractivity contribution in [1.29, 1.82) is 0 Å². The molecular weight excluding hydrogens is 361 g/mol. The highest BCUT2D eigenvalue weighted by molar-refractivity contribution is 6.33. The van der Waals surface area contributed by atoms with Gasteiger partial charge in [0.05, 0.1) is 11.2 Å². The lowest BCUT2D eigenvalue weighted by Gasteiger charge is -2.10. The zero-order valence-corrected chi connectivity index (χ0v) is 15.0. The molecule has 1 amide bonds. The Hall–Kier alpha value is -1.27. The Labute approximate surface area is 152 Å². The monoisotopic (exact) mass is 379 g/mol. The lowest BCUT2D eigenvalue weighted by molar-refractivity contribution is -0.121. The van der Waals surface area contributed by atoms with E-state index in [1.54, 1.807) is 12.3 Å². The molecule has 0 aliphatic rings. The number of aromatic nitrogens is 1. The summed E-state index contributed by atoms with van der Waals surface area (Å²) >= 11 is 6.11. The molecule has 0 spiro atoms. The van der Waals surface area contributed by atoms with Crippen molar-refractivity contribution in [3.63, 3.8) is 0 Å². The molecule has 1 atom stereocenters. The molecule has 5 nitrogen and oxygen atoms in total. The van der Waals surface area contributed by atoms with Gasteiger partial charge in [0.1, 0.15) is 0 Å². The van der Waals surface area contributed by atoms with E-state index < -0.39 is 0 Å². The number of oxazole rings is 1. The largest absolute Gasteiger partial charge is 0.441 e. The second-order valence-corrected chi connectivity index (χ2v) is 5.21. The number of hydrogen-bond donors (Lipinski definition) is 2. The summed E-state index contributed by atoms with van der Waals surface area (Å²) in [7, 11) is 0. The summed E-state index contributed by atoms with van der Waals surface area (Å²) in [4.78, 5) is 15.8. The maximum atomic E-state index is 11.7. The van der Waals surface area contributed by atoms with Crippen LogP contribution in [0.3, 0.4) is 0 Å². The van der Waals surface area contributed by atoms with Gasteiger partial charge in [-0.25, -0.2) is 4.98 Å². The van der Waals surface area contributed by atoms with Crippen LogP contribution in [0, 0.1) is 0 Å². The third-order valence-electron chi connectivity index (χ3n) is 3.02.